The van der Waals surface area contributed by atoms with Gasteiger partial charge in [-0.05, 0) is 36.8 Å². The number of hydrogen-bond donors (Lipinski definition) is 1. The van der Waals surface area contributed by atoms with Crippen molar-refractivity contribution in [1.29, 1.82) is 0 Å². The molecule has 0 radical (unpaired) electrons. The first kappa shape index (κ1) is 19.1. The summed E-state index contributed by atoms with van der Waals surface area (Å²) in [7, 11) is 1.87. The molecule has 0 amide bonds. The summed E-state index contributed by atoms with van der Waals surface area (Å²) in [5, 5.41) is 11.8. The lowest BCUT2D eigenvalue weighted by molar-refractivity contribution is 0.299. The average molecular weight is 466 g/mol. The lowest BCUT2D eigenvalue weighted by Crippen LogP contribution is -2.40. The number of fused-ring (bicyclic) bond motifs is 1. The van der Waals surface area contributed by atoms with Gasteiger partial charge < -0.3 is 10.2 Å². The Hall–Kier alpha value is -1.64. The highest BCUT2D eigenvalue weighted by molar-refractivity contribution is 14.0. The van der Waals surface area contributed by atoms with Crippen molar-refractivity contribution >= 4 is 29.9 Å². The van der Waals surface area contributed by atoms with Crippen LogP contribution in [0.4, 0.5) is 0 Å². The number of guanidine groups is 1. The SMILES string of the molecule is CN=C(NCc1nncn1-c1ccccc1)N1CC2CCCCC2C1.I. The molecular weight excluding hydrogens is 439 g/mol. The Morgan fingerprint density at radius 1 is 1.15 bits per heavy atom. The van der Waals surface area contributed by atoms with E-state index < -0.39 is 0 Å². The number of para-hydroxylation sites is 1. The number of benzene rings is 1. The number of nitrogens with one attached hydrogen (secondary N) is 1. The summed E-state index contributed by atoms with van der Waals surface area (Å²) >= 11 is 0. The second-order valence-electron chi connectivity index (χ2n) is 7.06. The zero-order valence-electron chi connectivity index (χ0n) is 15.2. The highest BCUT2D eigenvalue weighted by Gasteiger charge is 2.35. The van der Waals surface area contributed by atoms with Gasteiger partial charge in [-0.3, -0.25) is 9.56 Å². The minimum absolute atomic E-state index is 0. The van der Waals surface area contributed by atoms with Gasteiger partial charge in [0, 0.05) is 25.8 Å². The Kier molecular flexibility index (Phi) is 6.50. The molecule has 7 heteroatoms. The van der Waals surface area contributed by atoms with E-state index in [2.05, 4.69) is 37.5 Å². The van der Waals surface area contributed by atoms with E-state index in [1.807, 2.05) is 29.8 Å². The maximum Gasteiger partial charge on any atom is 0.194 e. The van der Waals surface area contributed by atoms with Crippen molar-refractivity contribution in [2.24, 2.45) is 16.8 Å². The zero-order chi connectivity index (χ0) is 17.1. The summed E-state index contributed by atoms with van der Waals surface area (Å²) in [5.41, 5.74) is 1.08. The molecule has 0 bridgehead atoms. The summed E-state index contributed by atoms with van der Waals surface area (Å²) < 4.78 is 2.02. The van der Waals surface area contributed by atoms with Crippen molar-refractivity contribution in [3.05, 3.63) is 42.5 Å². The highest BCUT2D eigenvalue weighted by Crippen LogP contribution is 2.35. The predicted molar refractivity (Wildman–Crippen MR) is 114 cm³/mol. The smallest absolute Gasteiger partial charge is 0.194 e. The topological polar surface area (TPSA) is 58.3 Å². The number of rotatable bonds is 3. The van der Waals surface area contributed by atoms with E-state index >= 15 is 0 Å². The molecule has 2 aliphatic rings. The van der Waals surface area contributed by atoms with Gasteiger partial charge in [0.25, 0.3) is 0 Å². The lowest BCUT2D eigenvalue weighted by atomic mass is 9.82. The predicted octanol–water partition coefficient (Wildman–Crippen LogP) is 3.08. The van der Waals surface area contributed by atoms with Crippen LogP contribution in [0.5, 0.6) is 0 Å². The van der Waals surface area contributed by atoms with Gasteiger partial charge in [-0.15, -0.1) is 34.2 Å². The third-order valence-corrected chi connectivity index (χ3v) is 5.54. The van der Waals surface area contributed by atoms with Gasteiger partial charge in [-0.1, -0.05) is 31.0 Å². The quantitative estimate of drug-likeness (QED) is 0.429. The minimum Gasteiger partial charge on any atom is -0.349 e. The van der Waals surface area contributed by atoms with Crippen molar-refractivity contribution < 1.29 is 0 Å². The van der Waals surface area contributed by atoms with Gasteiger partial charge in [0.15, 0.2) is 11.8 Å². The van der Waals surface area contributed by atoms with Crippen molar-refractivity contribution in [3.8, 4) is 5.69 Å². The summed E-state index contributed by atoms with van der Waals surface area (Å²) in [4.78, 5) is 6.92. The maximum absolute atomic E-state index is 4.50. The lowest BCUT2D eigenvalue weighted by Gasteiger charge is -2.22. The molecule has 1 aromatic heterocycles. The Labute approximate surface area is 172 Å². The summed E-state index contributed by atoms with van der Waals surface area (Å²) in [6, 6.07) is 10.2. The molecule has 4 rings (SSSR count). The second kappa shape index (κ2) is 8.83. The minimum atomic E-state index is 0. The third kappa shape index (κ3) is 4.02. The number of aliphatic imine (C=N–C) groups is 1. The zero-order valence-corrected chi connectivity index (χ0v) is 17.5. The molecule has 2 aromatic rings. The van der Waals surface area contributed by atoms with E-state index in [1.165, 1.54) is 25.7 Å². The molecule has 1 saturated carbocycles. The van der Waals surface area contributed by atoms with E-state index in [0.29, 0.717) is 6.54 Å². The van der Waals surface area contributed by atoms with E-state index in [4.69, 9.17) is 0 Å². The van der Waals surface area contributed by atoms with Crippen LogP contribution in [0.1, 0.15) is 31.5 Å². The number of likely N-dealkylation sites (tertiary alicyclic amines) is 1. The molecule has 2 fully saturated rings. The first-order valence-electron chi connectivity index (χ1n) is 9.25. The molecule has 2 heterocycles. The first-order valence-corrected chi connectivity index (χ1v) is 9.25. The molecule has 2 atom stereocenters. The van der Waals surface area contributed by atoms with E-state index in [9.17, 15) is 0 Å². The maximum atomic E-state index is 4.50. The van der Waals surface area contributed by atoms with Gasteiger partial charge in [0.05, 0.1) is 6.54 Å². The Balaban J connectivity index is 0.00000196. The van der Waals surface area contributed by atoms with Crippen LogP contribution in [0, 0.1) is 11.8 Å². The number of halogens is 1. The molecule has 6 nitrogen and oxygen atoms in total. The van der Waals surface area contributed by atoms with Crippen LogP contribution in [0.15, 0.2) is 41.7 Å². The Morgan fingerprint density at radius 3 is 2.50 bits per heavy atom. The standard InChI is InChI=1S/C19H26N6.HI/c1-20-19(24-12-15-7-5-6-8-16(15)13-24)21-11-18-23-22-14-25(18)17-9-3-2-4-10-17;/h2-4,9-10,14-16H,5-8,11-13H2,1H3,(H,20,21);1H. The third-order valence-electron chi connectivity index (χ3n) is 5.54. The molecule has 140 valence electrons. The van der Waals surface area contributed by atoms with Gasteiger partial charge in [-0.2, -0.15) is 0 Å². The summed E-state index contributed by atoms with van der Waals surface area (Å²) in [6.45, 7) is 2.89. The fraction of sp³-hybridized carbons (Fsp3) is 0.526. The molecule has 0 spiro atoms. The van der Waals surface area contributed by atoms with Crippen molar-refractivity contribution in [2.75, 3.05) is 20.1 Å². The van der Waals surface area contributed by atoms with Crippen LogP contribution >= 0.6 is 24.0 Å². The van der Waals surface area contributed by atoms with Crippen LogP contribution < -0.4 is 5.32 Å². The van der Waals surface area contributed by atoms with Crippen molar-refractivity contribution in [1.82, 2.24) is 25.0 Å². The van der Waals surface area contributed by atoms with Gasteiger partial charge >= 0.3 is 0 Å². The van der Waals surface area contributed by atoms with Crippen LogP contribution in [0.3, 0.4) is 0 Å². The van der Waals surface area contributed by atoms with Crippen LogP contribution in [0.2, 0.25) is 0 Å². The molecule has 1 N–H and O–H groups in total. The molecule has 2 unspecified atom stereocenters. The average Bonchev–Trinajstić information content (AvgIpc) is 3.29. The van der Waals surface area contributed by atoms with Crippen molar-refractivity contribution in [3.63, 3.8) is 0 Å². The normalized spacial score (nSPS) is 22.7. The summed E-state index contributed by atoms with van der Waals surface area (Å²) in [5.74, 6) is 3.57. The Morgan fingerprint density at radius 2 is 1.85 bits per heavy atom. The number of hydrogen-bond acceptors (Lipinski definition) is 3. The van der Waals surface area contributed by atoms with Gasteiger partial charge in [0.1, 0.15) is 6.33 Å². The molecule has 1 saturated heterocycles. The fourth-order valence-electron chi connectivity index (χ4n) is 4.25. The van der Waals surface area contributed by atoms with Crippen molar-refractivity contribution in [2.45, 2.75) is 32.2 Å². The van der Waals surface area contributed by atoms with Gasteiger partial charge in [-0.25, -0.2) is 0 Å². The Bertz CT molecular complexity index is 715. The molecule has 1 aliphatic carbocycles. The number of nitrogens with zero attached hydrogens (tertiary/aromatic N) is 5. The fourth-order valence-corrected chi connectivity index (χ4v) is 4.25. The van der Waals surface area contributed by atoms with E-state index in [1.54, 1.807) is 6.33 Å². The molecule has 1 aliphatic heterocycles. The van der Waals surface area contributed by atoms with E-state index in [-0.39, 0.29) is 24.0 Å². The number of aromatic nitrogens is 3. The van der Waals surface area contributed by atoms with Crippen LogP contribution in [0.25, 0.3) is 5.69 Å². The van der Waals surface area contributed by atoms with Crippen LogP contribution in [-0.2, 0) is 6.54 Å². The second-order valence-corrected chi connectivity index (χ2v) is 7.06. The first-order chi connectivity index (χ1) is 12.3. The monoisotopic (exact) mass is 466 g/mol. The van der Waals surface area contributed by atoms with Crippen LogP contribution in [-0.4, -0.2) is 45.8 Å². The molecular formula is C19H27IN6. The largest absolute Gasteiger partial charge is 0.349 e. The summed E-state index contributed by atoms with van der Waals surface area (Å²) in [6.07, 6.45) is 7.29. The molecule has 1 aromatic carbocycles. The van der Waals surface area contributed by atoms with Gasteiger partial charge in [0.2, 0.25) is 0 Å². The van der Waals surface area contributed by atoms with E-state index in [0.717, 1.165) is 42.4 Å². The highest BCUT2D eigenvalue weighted by atomic mass is 127. The molecule has 26 heavy (non-hydrogen) atoms.